The number of hydrogen-bond donors (Lipinski definition) is 3. The minimum atomic E-state index is -0.199. The molecule has 1 aliphatic rings. The van der Waals surface area contributed by atoms with E-state index in [9.17, 15) is 14.4 Å². The van der Waals surface area contributed by atoms with Crippen molar-refractivity contribution in [1.29, 1.82) is 0 Å². The fraction of sp³-hybridized carbons (Fsp3) is 0.323. The van der Waals surface area contributed by atoms with E-state index in [2.05, 4.69) is 34.4 Å². The molecule has 0 spiro atoms. The van der Waals surface area contributed by atoms with E-state index >= 15 is 0 Å². The van der Waals surface area contributed by atoms with Gasteiger partial charge in [-0.3, -0.25) is 14.4 Å². The summed E-state index contributed by atoms with van der Waals surface area (Å²) in [6, 6.07) is 13.6. The van der Waals surface area contributed by atoms with E-state index in [1.54, 1.807) is 25.2 Å². The summed E-state index contributed by atoms with van der Waals surface area (Å²) in [5, 5.41) is 5.97. The van der Waals surface area contributed by atoms with Gasteiger partial charge in [0, 0.05) is 50.3 Å². The number of fused-ring (bicyclic) bond motifs is 1. The molecule has 0 atom stereocenters. The molecule has 3 N–H and O–H groups in total. The van der Waals surface area contributed by atoms with E-state index in [1.165, 1.54) is 0 Å². The second-order valence-electron chi connectivity index (χ2n) is 9.93. The Balaban J connectivity index is 1.63. The zero-order valence-corrected chi connectivity index (χ0v) is 23.4. The van der Waals surface area contributed by atoms with Crippen molar-refractivity contribution in [2.75, 3.05) is 45.6 Å². The molecule has 8 heteroatoms. The number of carbonyl (C=O) groups excluding carboxylic acids is 3. The lowest BCUT2D eigenvalue weighted by Crippen LogP contribution is -2.34. The third-order valence-corrected chi connectivity index (χ3v) is 7.24. The summed E-state index contributed by atoms with van der Waals surface area (Å²) < 4.78 is 0. The molecule has 0 radical (unpaired) electrons. The number of aromatic nitrogens is 1. The largest absolute Gasteiger partial charge is 0.361 e. The van der Waals surface area contributed by atoms with Gasteiger partial charge in [0.25, 0.3) is 11.8 Å². The zero-order valence-electron chi connectivity index (χ0n) is 23.4. The first-order valence-electron chi connectivity index (χ1n) is 13.4. The highest BCUT2D eigenvalue weighted by atomic mass is 16.2. The van der Waals surface area contributed by atoms with Crippen molar-refractivity contribution in [2.45, 2.75) is 27.2 Å². The molecule has 8 nitrogen and oxygen atoms in total. The van der Waals surface area contributed by atoms with Crippen LogP contribution in [0, 0.1) is 6.92 Å². The third kappa shape index (κ3) is 6.12. The fourth-order valence-electron chi connectivity index (χ4n) is 4.81. The lowest BCUT2D eigenvalue weighted by molar-refractivity contribution is -0.128. The van der Waals surface area contributed by atoms with Gasteiger partial charge >= 0.3 is 0 Å². The molecule has 0 fully saturated rings. The molecule has 3 aromatic rings. The highest BCUT2D eigenvalue weighted by Crippen LogP contribution is 2.40. The minimum absolute atomic E-state index is 0.0259. The molecule has 39 heavy (non-hydrogen) atoms. The van der Waals surface area contributed by atoms with Crippen LogP contribution in [-0.4, -0.2) is 72.8 Å². The zero-order chi connectivity index (χ0) is 28.1. The topological polar surface area (TPSA) is 97.5 Å². The number of amides is 3. The number of carbonyl (C=O) groups is 3. The van der Waals surface area contributed by atoms with E-state index in [1.807, 2.05) is 55.5 Å². The molecule has 0 aliphatic carbocycles. The van der Waals surface area contributed by atoms with Gasteiger partial charge in [-0.2, -0.15) is 0 Å². The van der Waals surface area contributed by atoms with Gasteiger partial charge in [-0.15, -0.1) is 0 Å². The van der Waals surface area contributed by atoms with E-state index in [4.69, 9.17) is 0 Å². The Kier molecular flexibility index (Phi) is 8.66. The van der Waals surface area contributed by atoms with Gasteiger partial charge in [-0.1, -0.05) is 50.2 Å². The summed E-state index contributed by atoms with van der Waals surface area (Å²) in [7, 11) is 3.49. The molecule has 0 saturated carbocycles. The Morgan fingerprint density at radius 3 is 2.51 bits per heavy atom. The van der Waals surface area contributed by atoms with Gasteiger partial charge < -0.3 is 25.4 Å². The normalized spacial score (nSPS) is 13.5. The van der Waals surface area contributed by atoms with Gasteiger partial charge in [0.15, 0.2) is 0 Å². The molecule has 4 rings (SSSR count). The van der Waals surface area contributed by atoms with E-state index in [-0.39, 0.29) is 17.7 Å². The van der Waals surface area contributed by atoms with Crippen molar-refractivity contribution in [1.82, 2.24) is 20.1 Å². The first kappa shape index (κ1) is 27.9. The maximum absolute atomic E-state index is 13.1. The van der Waals surface area contributed by atoms with Crippen LogP contribution in [0.3, 0.4) is 0 Å². The van der Waals surface area contributed by atoms with Crippen LogP contribution >= 0.6 is 0 Å². The summed E-state index contributed by atoms with van der Waals surface area (Å²) >= 11 is 0. The predicted octanol–water partition coefficient (Wildman–Crippen LogP) is 4.19. The summed E-state index contributed by atoms with van der Waals surface area (Å²) in [5.74, 6) is -0.310. The van der Waals surface area contributed by atoms with Crippen molar-refractivity contribution in [3.63, 3.8) is 0 Å². The fourth-order valence-corrected chi connectivity index (χ4v) is 4.81. The molecule has 2 aromatic carbocycles. The van der Waals surface area contributed by atoms with Crippen molar-refractivity contribution in [2.24, 2.45) is 0 Å². The van der Waals surface area contributed by atoms with Crippen LogP contribution in [0.25, 0.3) is 22.8 Å². The Morgan fingerprint density at radius 2 is 1.79 bits per heavy atom. The standard InChI is InChI=1S/C31H37N5O3/c1-6-36(7-2)15-14-32-30(38)25-19-33-27(20(25)3)18-24-29-23(12-9-13-26(29)34-31(24)39)22-11-8-10-21(16-22)17-28(37)35(4)5/h8-13,16,18-19,33H,6-7,14-15,17H2,1-5H3,(H,32,38)(H,34,39)/b24-18-. The lowest BCUT2D eigenvalue weighted by atomic mass is 9.93. The quantitative estimate of drug-likeness (QED) is 0.345. The highest BCUT2D eigenvalue weighted by molar-refractivity contribution is 6.36. The van der Waals surface area contributed by atoms with Gasteiger partial charge in [0.1, 0.15) is 0 Å². The summed E-state index contributed by atoms with van der Waals surface area (Å²) in [6.07, 6.45) is 3.81. The molecule has 0 bridgehead atoms. The van der Waals surface area contributed by atoms with Crippen LogP contribution in [0.4, 0.5) is 5.69 Å². The second kappa shape index (κ2) is 12.1. The highest BCUT2D eigenvalue weighted by Gasteiger charge is 2.28. The SMILES string of the molecule is CCN(CC)CCNC(=O)c1c[nH]c(/C=C2\C(=O)Nc3cccc(-c4cccc(CC(=O)N(C)C)c4)c32)c1C. The first-order chi connectivity index (χ1) is 18.7. The average molecular weight is 528 g/mol. The predicted molar refractivity (Wildman–Crippen MR) is 156 cm³/mol. The van der Waals surface area contributed by atoms with Crippen LogP contribution in [0.1, 0.15) is 46.6 Å². The minimum Gasteiger partial charge on any atom is -0.361 e. The number of hydrogen-bond acceptors (Lipinski definition) is 4. The molecule has 3 amide bonds. The van der Waals surface area contributed by atoms with E-state index < -0.39 is 0 Å². The van der Waals surface area contributed by atoms with Gasteiger partial charge in [-0.25, -0.2) is 0 Å². The summed E-state index contributed by atoms with van der Waals surface area (Å²) in [5.41, 5.74) is 6.84. The van der Waals surface area contributed by atoms with Crippen LogP contribution in [-0.2, 0) is 16.0 Å². The van der Waals surface area contributed by atoms with Crippen molar-refractivity contribution in [3.05, 3.63) is 76.6 Å². The summed E-state index contributed by atoms with van der Waals surface area (Å²) in [6.45, 7) is 9.34. The van der Waals surface area contributed by atoms with Crippen molar-refractivity contribution >= 4 is 35.1 Å². The van der Waals surface area contributed by atoms with Crippen LogP contribution in [0.15, 0.2) is 48.7 Å². The van der Waals surface area contributed by atoms with Crippen molar-refractivity contribution in [3.8, 4) is 11.1 Å². The molecular formula is C31H37N5O3. The monoisotopic (exact) mass is 527 g/mol. The van der Waals surface area contributed by atoms with Gasteiger partial charge in [-0.05, 0) is 54.4 Å². The van der Waals surface area contributed by atoms with Crippen LogP contribution in [0.2, 0.25) is 0 Å². The Hall–Kier alpha value is -4.17. The molecule has 1 aromatic heterocycles. The maximum Gasteiger partial charge on any atom is 0.256 e. The number of nitrogens with zero attached hydrogens (tertiary/aromatic N) is 2. The first-order valence-corrected chi connectivity index (χ1v) is 13.4. The van der Waals surface area contributed by atoms with Crippen molar-refractivity contribution < 1.29 is 14.4 Å². The number of rotatable bonds is 10. The van der Waals surface area contributed by atoms with Gasteiger partial charge in [0.05, 0.1) is 17.6 Å². The lowest BCUT2D eigenvalue weighted by Gasteiger charge is -2.17. The second-order valence-corrected chi connectivity index (χ2v) is 9.93. The molecule has 0 saturated heterocycles. The molecular weight excluding hydrogens is 490 g/mol. The van der Waals surface area contributed by atoms with Gasteiger partial charge in [0.2, 0.25) is 5.91 Å². The third-order valence-electron chi connectivity index (χ3n) is 7.24. The van der Waals surface area contributed by atoms with Crippen LogP contribution in [0.5, 0.6) is 0 Å². The molecule has 204 valence electrons. The summed E-state index contributed by atoms with van der Waals surface area (Å²) in [4.78, 5) is 45.2. The van der Waals surface area contributed by atoms with Crippen LogP contribution < -0.4 is 10.6 Å². The Labute approximate surface area is 230 Å². The molecule has 0 unspecified atom stereocenters. The smallest absolute Gasteiger partial charge is 0.256 e. The Bertz CT molecular complexity index is 1420. The molecule has 1 aliphatic heterocycles. The number of H-pyrrole nitrogens is 1. The van der Waals surface area contributed by atoms with E-state index in [0.29, 0.717) is 29.8 Å². The van der Waals surface area contributed by atoms with E-state index in [0.717, 1.165) is 53.1 Å². The average Bonchev–Trinajstić information content (AvgIpc) is 3.45. The number of benzene rings is 2. The number of anilines is 1. The molecule has 2 heterocycles. The Morgan fingerprint density at radius 1 is 1.05 bits per heavy atom. The maximum atomic E-state index is 13.1. The number of likely N-dealkylation sites (N-methyl/N-ethyl adjacent to an activating group) is 2. The number of nitrogens with one attached hydrogen (secondary N) is 3. The number of aromatic amines is 1.